The van der Waals surface area contributed by atoms with Gasteiger partial charge in [0.05, 0.1) is 17.7 Å². The Hall–Kier alpha value is -3.38. The van der Waals surface area contributed by atoms with Gasteiger partial charge in [-0.15, -0.1) is 0 Å². The summed E-state index contributed by atoms with van der Waals surface area (Å²) in [4.78, 5) is 42.6. The number of nitriles is 1. The van der Waals surface area contributed by atoms with Crippen molar-refractivity contribution in [2.45, 2.75) is 51.7 Å². The summed E-state index contributed by atoms with van der Waals surface area (Å²) in [5, 5.41) is 9.42. The van der Waals surface area contributed by atoms with Gasteiger partial charge in [0, 0.05) is 23.5 Å². The average molecular weight is 582 g/mol. The molecular weight excluding hydrogens is 550 g/mol. The lowest BCUT2D eigenvalue weighted by Crippen LogP contribution is -2.46. The van der Waals surface area contributed by atoms with Crippen molar-refractivity contribution in [3.63, 3.8) is 0 Å². The minimum Gasteiger partial charge on any atom is -0.447 e. The van der Waals surface area contributed by atoms with E-state index in [1.54, 1.807) is 23.1 Å². The van der Waals surface area contributed by atoms with Gasteiger partial charge in [0.15, 0.2) is 0 Å². The molecule has 2 aromatic rings. The van der Waals surface area contributed by atoms with Crippen LogP contribution in [-0.2, 0) is 27.1 Å². The van der Waals surface area contributed by atoms with E-state index in [-0.39, 0.29) is 18.4 Å². The Bertz CT molecular complexity index is 1240. The summed E-state index contributed by atoms with van der Waals surface area (Å²) in [7, 11) is 0. The second-order valence-corrected chi connectivity index (χ2v) is 11.7. The first-order valence-corrected chi connectivity index (χ1v) is 13.5. The van der Waals surface area contributed by atoms with E-state index in [4.69, 9.17) is 9.47 Å². The number of hydrogen-bond acceptors (Lipinski definition) is 6. The molecule has 2 heterocycles. The zero-order chi connectivity index (χ0) is 27.4. The molecule has 0 unspecified atom stereocenters. The number of halogens is 1. The Morgan fingerprint density at radius 3 is 2.63 bits per heavy atom. The lowest BCUT2D eigenvalue weighted by molar-refractivity contribution is -0.135. The Kier molecular flexibility index (Phi) is 8.41. The molecule has 0 saturated carbocycles. The van der Waals surface area contributed by atoms with Crippen LogP contribution in [0.5, 0.6) is 0 Å². The van der Waals surface area contributed by atoms with Crippen LogP contribution in [0.4, 0.5) is 9.59 Å². The van der Waals surface area contributed by atoms with Crippen LogP contribution in [0.3, 0.4) is 0 Å². The lowest BCUT2D eigenvalue weighted by Gasteiger charge is -2.29. The van der Waals surface area contributed by atoms with Gasteiger partial charge >= 0.3 is 12.2 Å². The standard InChI is InChI=1S/C29H32BrN3O5/c1-29(2,3)38-27(35)32-12-11-21(17-32)24(15-22-13-20(16-31)9-10-25(22)30)26(34)33-23(18-37-28(33)36)14-19-7-5-4-6-8-19/h4-10,13,21,23-24H,11-12,14-15,17-18H2,1-3H3/t21-,23-,24-/m0/s1. The molecule has 200 valence electrons. The lowest BCUT2D eigenvalue weighted by atomic mass is 9.84. The molecule has 38 heavy (non-hydrogen) atoms. The third-order valence-corrected chi connectivity index (χ3v) is 7.66. The van der Waals surface area contributed by atoms with Gasteiger partial charge in [-0.3, -0.25) is 4.79 Å². The molecule has 2 fully saturated rings. The van der Waals surface area contributed by atoms with Crippen molar-refractivity contribution in [1.29, 1.82) is 5.26 Å². The third kappa shape index (κ3) is 6.54. The van der Waals surface area contributed by atoms with Crippen molar-refractivity contribution >= 4 is 34.0 Å². The number of ether oxygens (including phenoxy) is 2. The van der Waals surface area contributed by atoms with Crippen molar-refractivity contribution in [3.8, 4) is 6.07 Å². The SMILES string of the molecule is CC(C)(C)OC(=O)N1CC[C@H]([C@H](Cc2cc(C#N)ccc2Br)C(=O)N2C(=O)OC[C@@H]2Cc2ccccc2)C1. The highest BCUT2D eigenvalue weighted by molar-refractivity contribution is 9.10. The number of imide groups is 1. The average Bonchev–Trinajstić information content (AvgIpc) is 3.50. The molecule has 8 nitrogen and oxygen atoms in total. The maximum atomic E-state index is 14.1. The fourth-order valence-electron chi connectivity index (χ4n) is 5.05. The molecule has 3 amide bonds. The summed E-state index contributed by atoms with van der Waals surface area (Å²) in [5.74, 6) is -1.12. The van der Waals surface area contributed by atoms with E-state index >= 15 is 0 Å². The second kappa shape index (κ2) is 11.6. The fourth-order valence-corrected chi connectivity index (χ4v) is 5.46. The number of hydrogen-bond donors (Lipinski definition) is 0. The van der Waals surface area contributed by atoms with E-state index < -0.39 is 29.7 Å². The number of cyclic esters (lactones) is 1. The van der Waals surface area contributed by atoms with E-state index in [1.807, 2.05) is 51.1 Å². The first kappa shape index (κ1) is 27.6. The van der Waals surface area contributed by atoms with Gasteiger partial charge in [-0.1, -0.05) is 46.3 Å². The number of amides is 3. The van der Waals surface area contributed by atoms with E-state index in [0.717, 1.165) is 15.6 Å². The molecular formula is C29H32BrN3O5. The molecule has 2 saturated heterocycles. The van der Waals surface area contributed by atoms with Crippen LogP contribution in [0.15, 0.2) is 53.0 Å². The topological polar surface area (TPSA) is 99.9 Å². The Morgan fingerprint density at radius 1 is 1.21 bits per heavy atom. The van der Waals surface area contributed by atoms with Crippen molar-refractivity contribution < 1.29 is 23.9 Å². The molecule has 2 aliphatic heterocycles. The van der Waals surface area contributed by atoms with Gasteiger partial charge in [-0.2, -0.15) is 5.26 Å². The zero-order valence-electron chi connectivity index (χ0n) is 21.9. The number of nitrogens with zero attached hydrogens (tertiary/aromatic N) is 3. The van der Waals surface area contributed by atoms with Gasteiger partial charge in [0.25, 0.3) is 0 Å². The molecule has 0 aliphatic carbocycles. The fraction of sp³-hybridized carbons (Fsp3) is 0.448. The monoisotopic (exact) mass is 581 g/mol. The highest BCUT2D eigenvalue weighted by Crippen LogP contribution is 2.34. The Labute approximate surface area is 231 Å². The molecule has 2 aliphatic rings. The van der Waals surface area contributed by atoms with E-state index in [1.165, 1.54) is 4.90 Å². The summed E-state index contributed by atoms with van der Waals surface area (Å²) >= 11 is 3.55. The van der Waals surface area contributed by atoms with Gasteiger partial charge < -0.3 is 14.4 Å². The maximum Gasteiger partial charge on any atom is 0.416 e. The Balaban J connectivity index is 1.61. The molecule has 0 bridgehead atoms. The molecule has 0 spiro atoms. The van der Waals surface area contributed by atoms with Gasteiger partial charge in [-0.05, 0) is 75.3 Å². The van der Waals surface area contributed by atoms with Crippen LogP contribution in [0, 0.1) is 23.2 Å². The second-order valence-electron chi connectivity index (χ2n) is 10.8. The largest absolute Gasteiger partial charge is 0.447 e. The molecule has 0 N–H and O–H groups in total. The van der Waals surface area contributed by atoms with E-state index in [2.05, 4.69) is 22.0 Å². The van der Waals surface area contributed by atoms with Crippen LogP contribution in [0.1, 0.15) is 43.9 Å². The number of carbonyl (C=O) groups is 3. The van der Waals surface area contributed by atoms with Crippen LogP contribution >= 0.6 is 15.9 Å². The molecule has 0 radical (unpaired) electrons. The zero-order valence-corrected chi connectivity index (χ0v) is 23.4. The highest BCUT2D eigenvalue weighted by Gasteiger charge is 2.45. The van der Waals surface area contributed by atoms with Crippen LogP contribution < -0.4 is 0 Å². The van der Waals surface area contributed by atoms with Crippen molar-refractivity contribution in [2.75, 3.05) is 19.7 Å². The molecule has 0 aromatic heterocycles. The van der Waals surface area contributed by atoms with Crippen LogP contribution in [0.25, 0.3) is 0 Å². The van der Waals surface area contributed by atoms with Crippen molar-refractivity contribution in [2.24, 2.45) is 11.8 Å². The normalized spacial score (nSPS) is 20.1. The van der Waals surface area contributed by atoms with Gasteiger partial charge in [0.2, 0.25) is 5.91 Å². The van der Waals surface area contributed by atoms with Crippen molar-refractivity contribution in [3.05, 3.63) is 69.7 Å². The van der Waals surface area contributed by atoms with Crippen LogP contribution in [-0.4, -0.2) is 59.2 Å². The number of likely N-dealkylation sites (tertiary alicyclic amines) is 1. The predicted molar refractivity (Wildman–Crippen MR) is 144 cm³/mol. The number of carbonyl (C=O) groups excluding carboxylic acids is 3. The molecule has 3 atom stereocenters. The van der Waals surface area contributed by atoms with Crippen LogP contribution in [0.2, 0.25) is 0 Å². The Morgan fingerprint density at radius 2 is 1.95 bits per heavy atom. The summed E-state index contributed by atoms with van der Waals surface area (Å²) in [6, 6.07) is 16.7. The minimum absolute atomic E-state index is 0.133. The van der Waals surface area contributed by atoms with E-state index in [0.29, 0.717) is 37.9 Å². The summed E-state index contributed by atoms with van der Waals surface area (Å²) < 4.78 is 11.7. The summed E-state index contributed by atoms with van der Waals surface area (Å²) in [6.07, 6.45) is 0.336. The molecule has 4 rings (SSSR count). The minimum atomic E-state index is -0.646. The molecule has 9 heteroatoms. The first-order valence-electron chi connectivity index (χ1n) is 12.8. The maximum absolute atomic E-state index is 14.1. The molecule has 2 aromatic carbocycles. The van der Waals surface area contributed by atoms with E-state index in [9.17, 15) is 19.6 Å². The van der Waals surface area contributed by atoms with Gasteiger partial charge in [-0.25, -0.2) is 14.5 Å². The quantitative estimate of drug-likeness (QED) is 0.457. The first-order chi connectivity index (χ1) is 18.1. The smallest absolute Gasteiger partial charge is 0.416 e. The van der Waals surface area contributed by atoms with Gasteiger partial charge in [0.1, 0.15) is 12.2 Å². The third-order valence-electron chi connectivity index (χ3n) is 6.89. The summed E-state index contributed by atoms with van der Waals surface area (Å²) in [6.45, 7) is 6.38. The number of rotatable bonds is 6. The number of benzene rings is 2. The summed E-state index contributed by atoms with van der Waals surface area (Å²) in [5.41, 5.74) is 1.66. The highest BCUT2D eigenvalue weighted by atomic mass is 79.9. The van der Waals surface area contributed by atoms with Crippen molar-refractivity contribution in [1.82, 2.24) is 9.80 Å². The predicted octanol–water partition coefficient (Wildman–Crippen LogP) is 5.33.